The van der Waals surface area contributed by atoms with Crippen LogP contribution in [0.15, 0.2) is 57.1 Å². The summed E-state index contributed by atoms with van der Waals surface area (Å²) in [6.45, 7) is 2.84. The maximum Gasteiger partial charge on any atom is 0.316 e. The van der Waals surface area contributed by atoms with Gasteiger partial charge in [0.1, 0.15) is 12.4 Å². The summed E-state index contributed by atoms with van der Waals surface area (Å²) < 4.78 is 25.9. The van der Waals surface area contributed by atoms with Gasteiger partial charge in [0.05, 0.1) is 12.0 Å². The zero-order valence-electron chi connectivity index (χ0n) is 14.6. The molecule has 3 aromatic rings. The lowest BCUT2D eigenvalue weighted by Gasteiger charge is -2.07. The maximum absolute atomic E-state index is 13.5. The van der Waals surface area contributed by atoms with E-state index in [0.29, 0.717) is 33.9 Å². The number of furan rings is 1. The Morgan fingerprint density at radius 1 is 1.22 bits per heavy atom. The van der Waals surface area contributed by atoms with E-state index in [1.165, 1.54) is 29.6 Å². The van der Waals surface area contributed by atoms with E-state index in [1.54, 1.807) is 30.5 Å². The summed E-state index contributed by atoms with van der Waals surface area (Å²) in [5, 5.41) is 8.88. The second-order valence-electron chi connectivity index (χ2n) is 5.32. The summed E-state index contributed by atoms with van der Waals surface area (Å²) in [7, 11) is 0. The van der Waals surface area contributed by atoms with Crippen LogP contribution in [0, 0.1) is 5.82 Å². The SMILES string of the molecule is CCn1c(SCC(=O)OCCSc2ccccc2F)nnc1-c1ccco1. The molecule has 0 unspecified atom stereocenters. The quantitative estimate of drug-likeness (QED) is 0.300. The van der Waals surface area contributed by atoms with Crippen LogP contribution in [0.4, 0.5) is 4.39 Å². The fraction of sp³-hybridized carbons (Fsp3) is 0.278. The Kier molecular flexibility index (Phi) is 6.94. The average Bonchev–Trinajstić information content (AvgIpc) is 3.33. The van der Waals surface area contributed by atoms with Crippen LogP contribution in [0.25, 0.3) is 11.6 Å². The molecule has 0 amide bonds. The van der Waals surface area contributed by atoms with Crippen molar-refractivity contribution in [2.45, 2.75) is 23.5 Å². The summed E-state index contributed by atoms with van der Waals surface area (Å²) in [5.41, 5.74) is 0. The molecule has 0 radical (unpaired) electrons. The second kappa shape index (κ2) is 9.61. The number of hydrogen-bond donors (Lipinski definition) is 0. The van der Waals surface area contributed by atoms with E-state index in [-0.39, 0.29) is 24.1 Å². The van der Waals surface area contributed by atoms with Gasteiger partial charge in [-0.05, 0) is 31.2 Å². The molecule has 3 rings (SSSR count). The van der Waals surface area contributed by atoms with Gasteiger partial charge in [-0.3, -0.25) is 9.36 Å². The Labute approximate surface area is 164 Å². The van der Waals surface area contributed by atoms with Gasteiger partial charge >= 0.3 is 5.97 Å². The Morgan fingerprint density at radius 3 is 2.81 bits per heavy atom. The van der Waals surface area contributed by atoms with Crippen LogP contribution in [-0.4, -0.2) is 38.8 Å². The average molecular weight is 407 g/mol. The molecule has 0 aliphatic heterocycles. The number of hydrogen-bond acceptors (Lipinski definition) is 7. The lowest BCUT2D eigenvalue weighted by atomic mass is 10.3. The summed E-state index contributed by atoms with van der Waals surface area (Å²) in [4.78, 5) is 12.5. The number of esters is 1. The number of rotatable bonds is 9. The van der Waals surface area contributed by atoms with E-state index >= 15 is 0 Å². The van der Waals surface area contributed by atoms with E-state index in [0.717, 1.165) is 0 Å². The first-order chi connectivity index (χ1) is 13.2. The van der Waals surface area contributed by atoms with Crippen molar-refractivity contribution in [2.75, 3.05) is 18.1 Å². The van der Waals surface area contributed by atoms with Gasteiger partial charge < -0.3 is 9.15 Å². The first-order valence-corrected chi connectivity index (χ1v) is 10.3. The van der Waals surface area contributed by atoms with Crippen LogP contribution in [-0.2, 0) is 16.1 Å². The van der Waals surface area contributed by atoms with Gasteiger partial charge in [-0.2, -0.15) is 0 Å². The van der Waals surface area contributed by atoms with Gasteiger partial charge in [0, 0.05) is 17.2 Å². The zero-order valence-corrected chi connectivity index (χ0v) is 16.3. The number of carbonyl (C=O) groups is 1. The van der Waals surface area contributed by atoms with Crippen molar-refractivity contribution in [3.8, 4) is 11.6 Å². The molecule has 0 aliphatic rings. The molecule has 2 aromatic heterocycles. The molecule has 0 saturated carbocycles. The van der Waals surface area contributed by atoms with Gasteiger partial charge in [-0.1, -0.05) is 23.9 Å². The molecule has 6 nitrogen and oxygen atoms in total. The Hall–Kier alpha value is -2.26. The van der Waals surface area contributed by atoms with E-state index < -0.39 is 0 Å². The largest absolute Gasteiger partial charge is 0.464 e. The molecular formula is C18H18FN3O3S2. The highest BCUT2D eigenvalue weighted by Crippen LogP contribution is 2.24. The van der Waals surface area contributed by atoms with Gasteiger partial charge in [0.15, 0.2) is 16.7 Å². The third kappa shape index (κ3) is 5.14. The van der Waals surface area contributed by atoms with Crippen LogP contribution >= 0.6 is 23.5 Å². The van der Waals surface area contributed by atoms with E-state index in [2.05, 4.69) is 10.2 Å². The fourth-order valence-corrected chi connectivity index (χ4v) is 3.87. The molecule has 0 saturated heterocycles. The van der Waals surface area contributed by atoms with Crippen molar-refractivity contribution in [3.05, 3.63) is 48.5 Å². The molecule has 0 aliphatic carbocycles. The predicted molar refractivity (Wildman–Crippen MR) is 102 cm³/mol. The lowest BCUT2D eigenvalue weighted by Crippen LogP contribution is -2.10. The molecule has 27 heavy (non-hydrogen) atoms. The van der Waals surface area contributed by atoms with E-state index in [4.69, 9.17) is 9.15 Å². The summed E-state index contributed by atoms with van der Waals surface area (Å²) in [6.07, 6.45) is 1.58. The highest BCUT2D eigenvalue weighted by atomic mass is 32.2. The minimum absolute atomic E-state index is 0.126. The van der Waals surface area contributed by atoms with E-state index in [1.807, 2.05) is 17.6 Å². The van der Waals surface area contributed by atoms with Crippen LogP contribution in [0.2, 0.25) is 0 Å². The van der Waals surface area contributed by atoms with Crippen molar-refractivity contribution in [2.24, 2.45) is 0 Å². The topological polar surface area (TPSA) is 70.2 Å². The summed E-state index contributed by atoms with van der Waals surface area (Å²) in [6, 6.07) is 10.1. The van der Waals surface area contributed by atoms with Gasteiger partial charge in [0.25, 0.3) is 0 Å². The summed E-state index contributed by atoms with van der Waals surface area (Å²) in [5.74, 6) is 1.25. The van der Waals surface area contributed by atoms with Crippen LogP contribution in [0.3, 0.4) is 0 Å². The molecule has 1 aromatic carbocycles. The molecule has 0 spiro atoms. The number of aromatic nitrogens is 3. The van der Waals surface area contributed by atoms with Crippen molar-refractivity contribution >= 4 is 29.5 Å². The second-order valence-corrected chi connectivity index (χ2v) is 7.40. The van der Waals surface area contributed by atoms with Gasteiger partial charge in [-0.15, -0.1) is 22.0 Å². The van der Waals surface area contributed by atoms with Crippen LogP contribution in [0.5, 0.6) is 0 Å². The van der Waals surface area contributed by atoms with Gasteiger partial charge in [0.2, 0.25) is 0 Å². The molecular weight excluding hydrogens is 389 g/mol. The zero-order chi connectivity index (χ0) is 19.1. The molecule has 0 atom stereocenters. The first-order valence-electron chi connectivity index (χ1n) is 8.32. The monoisotopic (exact) mass is 407 g/mol. The highest BCUT2D eigenvalue weighted by Gasteiger charge is 2.16. The normalized spacial score (nSPS) is 10.9. The highest BCUT2D eigenvalue weighted by molar-refractivity contribution is 7.99. The number of thioether (sulfide) groups is 2. The first kappa shape index (κ1) is 19.5. The molecule has 0 fully saturated rings. The number of carbonyl (C=O) groups excluding carboxylic acids is 1. The molecule has 142 valence electrons. The number of nitrogens with zero attached hydrogens (tertiary/aromatic N) is 3. The predicted octanol–water partition coefficient (Wildman–Crippen LogP) is 4.12. The van der Waals surface area contributed by atoms with Crippen molar-refractivity contribution < 1.29 is 18.3 Å². The maximum atomic E-state index is 13.5. The van der Waals surface area contributed by atoms with E-state index in [9.17, 15) is 9.18 Å². The minimum Gasteiger partial charge on any atom is -0.464 e. The third-order valence-corrected chi connectivity index (χ3v) is 5.49. The molecule has 0 bridgehead atoms. The van der Waals surface area contributed by atoms with Crippen LogP contribution < -0.4 is 0 Å². The van der Waals surface area contributed by atoms with Crippen molar-refractivity contribution in [1.29, 1.82) is 0 Å². The number of halogens is 1. The third-order valence-electron chi connectivity index (χ3n) is 3.53. The molecule has 2 heterocycles. The Morgan fingerprint density at radius 2 is 2.07 bits per heavy atom. The fourth-order valence-electron chi connectivity index (χ4n) is 2.30. The number of ether oxygens (including phenoxy) is 1. The Balaban J connectivity index is 1.45. The smallest absolute Gasteiger partial charge is 0.316 e. The van der Waals surface area contributed by atoms with Crippen molar-refractivity contribution in [3.63, 3.8) is 0 Å². The van der Waals surface area contributed by atoms with Gasteiger partial charge in [-0.25, -0.2) is 4.39 Å². The van der Waals surface area contributed by atoms with Crippen LogP contribution in [0.1, 0.15) is 6.92 Å². The molecule has 9 heteroatoms. The molecule has 0 N–H and O–H groups in total. The standard InChI is InChI=1S/C18H18FN3O3S2/c1-2-22-17(14-7-5-9-24-14)20-21-18(22)27-12-16(23)25-10-11-26-15-8-4-3-6-13(15)19/h3-9H,2,10-12H2,1H3. The number of benzene rings is 1. The summed E-state index contributed by atoms with van der Waals surface area (Å²) >= 11 is 2.58. The Bertz CT molecular complexity index is 884. The van der Waals surface area contributed by atoms with Crippen molar-refractivity contribution in [1.82, 2.24) is 14.8 Å². The minimum atomic E-state index is -0.348. The lowest BCUT2D eigenvalue weighted by molar-refractivity contribution is -0.139.